The molecule has 2 aromatic carbocycles. The van der Waals surface area contributed by atoms with Crippen LogP contribution in [0.3, 0.4) is 0 Å². The molecule has 2 saturated carbocycles. The molecule has 0 radical (unpaired) electrons. The van der Waals surface area contributed by atoms with Crippen LogP contribution in [-0.4, -0.2) is 64.4 Å². The fourth-order valence-electron chi connectivity index (χ4n) is 5.12. The molecule has 1 aromatic heterocycles. The van der Waals surface area contributed by atoms with E-state index >= 15 is 0 Å². The molecule has 17 heteroatoms. The van der Waals surface area contributed by atoms with E-state index < -0.39 is 40.7 Å². The van der Waals surface area contributed by atoms with Crippen LogP contribution in [-0.2, 0) is 26.0 Å². The van der Waals surface area contributed by atoms with Crippen LogP contribution in [0.5, 0.6) is 17.2 Å². The van der Waals surface area contributed by atoms with Crippen LogP contribution in [0.1, 0.15) is 59.7 Å². The molecule has 3 aromatic rings. The Morgan fingerprint density at radius 2 is 1.62 bits per heavy atom. The summed E-state index contributed by atoms with van der Waals surface area (Å²) in [6.07, 6.45) is 8.98. The lowest BCUT2D eigenvalue weighted by molar-refractivity contribution is -0.377. The van der Waals surface area contributed by atoms with Crippen molar-refractivity contribution in [3.05, 3.63) is 75.5 Å². The first kappa shape index (κ1) is 39.7. The molecule has 282 valence electrons. The highest BCUT2D eigenvalue weighted by atomic mass is 35.5. The van der Waals surface area contributed by atoms with E-state index in [0.29, 0.717) is 41.9 Å². The van der Waals surface area contributed by atoms with E-state index in [-0.39, 0.29) is 51.4 Å². The number of nitrogens with one attached hydrogen (secondary N) is 3. The summed E-state index contributed by atoms with van der Waals surface area (Å²) in [5, 5.41) is 3.31. The van der Waals surface area contributed by atoms with Gasteiger partial charge in [0, 0.05) is 17.5 Å². The van der Waals surface area contributed by atoms with Gasteiger partial charge in [0.1, 0.15) is 27.9 Å². The number of esters is 1. The minimum absolute atomic E-state index is 0.00507. The fourth-order valence-corrected chi connectivity index (χ4v) is 6.69. The van der Waals surface area contributed by atoms with Crippen molar-refractivity contribution in [2.45, 2.75) is 57.3 Å². The lowest BCUT2D eigenvalue weighted by Gasteiger charge is -2.24. The van der Waals surface area contributed by atoms with Gasteiger partial charge in [0.15, 0.2) is 23.9 Å². The molecule has 5 rings (SSSR count). The zero-order chi connectivity index (χ0) is 37.4. The number of aromatic nitrogens is 1. The molecule has 3 N–H and O–H groups in total. The second-order valence-electron chi connectivity index (χ2n) is 12.7. The number of carbonyl (C=O) groups excluding carboxylic acids is 2. The number of alkyl halides is 2. The number of carbonyl (C=O) groups is 2. The van der Waals surface area contributed by atoms with Gasteiger partial charge in [-0.1, -0.05) is 29.3 Å². The number of ether oxygens (including phenoxy) is 4. The van der Waals surface area contributed by atoms with E-state index in [1.807, 2.05) is 6.26 Å². The Morgan fingerprint density at radius 3 is 2.21 bits per heavy atom. The van der Waals surface area contributed by atoms with E-state index in [1.165, 1.54) is 60.6 Å². The van der Waals surface area contributed by atoms with Gasteiger partial charge in [-0.15, -0.1) is 0 Å². The van der Waals surface area contributed by atoms with Gasteiger partial charge in [-0.25, -0.2) is 18.2 Å². The molecule has 2 aliphatic rings. The van der Waals surface area contributed by atoms with E-state index in [2.05, 4.69) is 15.0 Å². The third-order valence-electron chi connectivity index (χ3n) is 8.28. The van der Waals surface area contributed by atoms with Gasteiger partial charge in [-0.3, -0.25) is 9.52 Å². The lowest BCUT2D eigenvalue weighted by Crippen LogP contribution is -2.42. The third kappa shape index (κ3) is 12.0. The molecule has 2 aliphatic carbocycles. The number of pyridine rings is 1. The number of sulfonamides is 1. The summed E-state index contributed by atoms with van der Waals surface area (Å²) in [6.45, 7) is -2.42. The number of aromatic amines is 1. The van der Waals surface area contributed by atoms with Crippen LogP contribution in [0, 0.1) is 11.8 Å². The Labute approximate surface area is 315 Å². The maximum atomic E-state index is 14.0. The summed E-state index contributed by atoms with van der Waals surface area (Å²) < 4.78 is 75.4. The van der Waals surface area contributed by atoms with Gasteiger partial charge >= 0.3 is 12.6 Å². The Bertz CT molecular complexity index is 1830. The summed E-state index contributed by atoms with van der Waals surface area (Å²) in [5.74, 6) is -0.155. The monoisotopic (exact) mass is 802 g/mol. The fraction of sp³-hybridized carbons (Fsp3) is 0.457. The van der Waals surface area contributed by atoms with Gasteiger partial charge in [-0.2, -0.15) is 20.5 Å². The van der Waals surface area contributed by atoms with Crippen molar-refractivity contribution >= 4 is 62.6 Å². The number of H-pyrrole nitrogens is 1. The van der Waals surface area contributed by atoms with Gasteiger partial charge in [0.05, 0.1) is 25.2 Å². The van der Waals surface area contributed by atoms with Crippen molar-refractivity contribution < 1.29 is 50.7 Å². The van der Waals surface area contributed by atoms with Crippen LogP contribution in [0.15, 0.2) is 48.8 Å². The maximum Gasteiger partial charge on any atom is 0.387 e. The second kappa shape index (κ2) is 18.0. The zero-order valence-corrected chi connectivity index (χ0v) is 31.6. The Kier molecular flexibility index (Phi) is 13.7. The predicted octanol–water partition coefficient (Wildman–Crippen LogP) is 6.74. The van der Waals surface area contributed by atoms with Crippen LogP contribution < -0.4 is 29.2 Å². The first-order chi connectivity index (χ1) is 24.8. The maximum absolute atomic E-state index is 14.0. The van der Waals surface area contributed by atoms with Crippen LogP contribution >= 0.6 is 35.0 Å². The summed E-state index contributed by atoms with van der Waals surface area (Å²) in [7, 11) is -3.63. The normalized spacial score (nSPS) is 15.4. The molecule has 0 saturated heterocycles. The molecule has 0 aliphatic heterocycles. The number of amides is 1. The van der Waals surface area contributed by atoms with Crippen molar-refractivity contribution in [2.24, 2.45) is 11.8 Å². The number of anilines is 1. The van der Waals surface area contributed by atoms with E-state index in [1.54, 1.807) is 0 Å². The Balaban J connectivity index is 1.41. The van der Waals surface area contributed by atoms with E-state index in [4.69, 9.17) is 42.1 Å². The van der Waals surface area contributed by atoms with Crippen LogP contribution in [0.25, 0.3) is 0 Å². The average Bonchev–Trinajstić information content (AvgIpc) is 4.02. The number of hydrogen-bond donors (Lipinski definition) is 2. The molecule has 11 nitrogen and oxygen atoms in total. The molecule has 0 bridgehead atoms. The van der Waals surface area contributed by atoms with Gasteiger partial charge in [0.2, 0.25) is 10.0 Å². The van der Waals surface area contributed by atoms with Crippen molar-refractivity contribution in [2.75, 3.05) is 36.2 Å². The van der Waals surface area contributed by atoms with Crippen molar-refractivity contribution in [1.82, 2.24) is 5.32 Å². The summed E-state index contributed by atoms with van der Waals surface area (Å²) >= 11 is 14.4. The highest BCUT2D eigenvalue weighted by Gasteiger charge is 2.30. The van der Waals surface area contributed by atoms with Crippen LogP contribution in [0.4, 0.5) is 14.5 Å². The quantitative estimate of drug-likeness (QED) is 0.119. The van der Waals surface area contributed by atoms with Gasteiger partial charge < -0.3 is 24.3 Å². The van der Waals surface area contributed by atoms with Crippen molar-refractivity contribution in [3.63, 3.8) is 0 Å². The molecular formula is C35H40Cl2F2N3O8S2+. The minimum Gasteiger partial charge on any atom is -0.491 e. The predicted molar refractivity (Wildman–Crippen MR) is 194 cm³/mol. The van der Waals surface area contributed by atoms with Crippen molar-refractivity contribution in [3.8, 4) is 17.2 Å². The standard InChI is InChI=1S/C35H39Cl2F2N3O8S2/c1-51-12-11-28(41-33(43)23-7-9-27(42-52(2,45)46)31(14-23)47-18-20-3-4-20)34(44)49-30(15-24-25(36)16-40-17-26(24)37)22-8-10-29(50-35(38)39)32(13-22)48-19-21-5-6-21/h7-10,13-14,16-17,20-21,28,30,35,42H,3-6,11-12,15,18-19H2,1-2H3,(H,41,43)/p+1/t28-,30-/m0/s1. The highest BCUT2D eigenvalue weighted by Crippen LogP contribution is 2.38. The molecule has 1 amide bonds. The smallest absolute Gasteiger partial charge is 0.387 e. The Morgan fingerprint density at radius 1 is 0.962 bits per heavy atom. The highest BCUT2D eigenvalue weighted by molar-refractivity contribution is 7.98. The molecular weight excluding hydrogens is 763 g/mol. The summed E-state index contributed by atoms with van der Waals surface area (Å²) in [4.78, 5) is 30.4. The van der Waals surface area contributed by atoms with Gasteiger partial charge in [-0.05, 0) is 91.8 Å². The van der Waals surface area contributed by atoms with Crippen molar-refractivity contribution in [1.29, 1.82) is 0 Å². The molecule has 52 heavy (non-hydrogen) atoms. The first-order valence-electron chi connectivity index (χ1n) is 16.6. The van der Waals surface area contributed by atoms with Crippen LogP contribution in [0.2, 0.25) is 10.0 Å². The molecule has 1 heterocycles. The summed E-state index contributed by atoms with van der Waals surface area (Å²) in [5.41, 5.74) is 1.17. The lowest BCUT2D eigenvalue weighted by atomic mass is 10.0. The molecule has 0 unspecified atom stereocenters. The molecule has 0 spiro atoms. The number of benzene rings is 2. The minimum atomic E-state index is -3.63. The molecule has 2 atom stereocenters. The average molecular weight is 804 g/mol. The number of hydrogen-bond acceptors (Lipinski definition) is 9. The number of thioether (sulfide) groups is 1. The van der Waals surface area contributed by atoms with E-state index in [9.17, 15) is 26.8 Å². The SMILES string of the molecule is CSCC[C@H](NC(=O)c1ccc(NS(C)(=O)=O)c(OCC2CC2)c1)C(=O)O[C@@H](Cc1c(Cl)c[nH+]cc1Cl)c1ccc(OC(F)F)c(OCC2CC2)c1. The number of rotatable bonds is 20. The third-order valence-corrected chi connectivity index (χ3v) is 10.2. The Hall–Kier alpha value is -3.53. The summed E-state index contributed by atoms with van der Waals surface area (Å²) in [6, 6.07) is 7.46. The van der Waals surface area contributed by atoms with E-state index in [0.717, 1.165) is 31.9 Å². The second-order valence-corrected chi connectivity index (χ2v) is 16.3. The largest absolute Gasteiger partial charge is 0.491 e. The topological polar surface area (TPSA) is 143 Å². The first-order valence-corrected chi connectivity index (χ1v) is 20.6. The number of halogens is 4. The molecule has 2 fully saturated rings. The van der Waals surface area contributed by atoms with Gasteiger partial charge in [0.25, 0.3) is 5.91 Å². The zero-order valence-electron chi connectivity index (χ0n) is 28.5.